The minimum Gasteiger partial charge on any atom is -0.324 e. The molecule has 1 amide bonds. The lowest BCUT2D eigenvalue weighted by Gasteiger charge is -2.13. The molecule has 146 valence electrons. The van der Waals surface area contributed by atoms with Gasteiger partial charge in [0.15, 0.2) is 5.82 Å². The normalized spacial score (nSPS) is 14.3. The van der Waals surface area contributed by atoms with E-state index in [1.54, 1.807) is 0 Å². The van der Waals surface area contributed by atoms with Gasteiger partial charge in [0.1, 0.15) is 11.9 Å². The van der Waals surface area contributed by atoms with E-state index in [-0.39, 0.29) is 18.3 Å². The van der Waals surface area contributed by atoms with E-state index in [0.717, 1.165) is 42.2 Å². The number of fused-ring (bicyclic) bond motifs is 1. The quantitative estimate of drug-likeness (QED) is 0.702. The summed E-state index contributed by atoms with van der Waals surface area (Å²) in [5.41, 5.74) is 8.56. The Labute approximate surface area is 170 Å². The molecule has 3 N–H and O–H groups in total. The van der Waals surface area contributed by atoms with Crippen LogP contribution in [0.2, 0.25) is 0 Å². The fourth-order valence-corrected chi connectivity index (χ4v) is 3.43. The van der Waals surface area contributed by atoms with Crippen LogP contribution in [0.25, 0.3) is 11.4 Å². The zero-order chi connectivity index (χ0) is 18.6. The van der Waals surface area contributed by atoms with Gasteiger partial charge in [-0.05, 0) is 42.7 Å². The van der Waals surface area contributed by atoms with Crippen LogP contribution in [-0.2, 0) is 17.8 Å². The molecule has 0 saturated carbocycles. The van der Waals surface area contributed by atoms with Crippen LogP contribution < -0.4 is 11.1 Å². The van der Waals surface area contributed by atoms with Crippen LogP contribution in [-0.4, -0.2) is 20.7 Å². The number of nitrogens with zero attached hydrogens (tertiary/aromatic N) is 3. The number of anilines is 1. The Kier molecular flexibility index (Phi) is 6.44. The van der Waals surface area contributed by atoms with Crippen molar-refractivity contribution < 1.29 is 4.79 Å². The maximum absolute atomic E-state index is 12.4. The number of benzene rings is 2. The topological polar surface area (TPSA) is 85.8 Å². The molecule has 0 fully saturated rings. The van der Waals surface area contributed by atoms with Gasteiger partial charge in [-0.15, -0.1) is 22.6 Å². The van der Waals surface area contributed by atoms with Gasteiger partial charge >= 0.3 is 0 Å². The molecular formula is C21H24ClN5O. The standard InChI is InChI=1S/C21H23N5O.ClH/c22-19(15-7-3-1-4-8-15)21(27)23-17-12-10-16(11-13-17)20-25-24-18-9-5-2-6-14-26(18)20;/h1,3-4,7-8,10-13,19H,2,5-6,9,14,22H2,(H,23,27);1H. The van der Waals surface area contributed by atoms with E-state index >= 15 is 0 Å². The van der Waals surface area contributed by atoms with Crippen molar-refractivity contribution in [3.63, 3.8) is 0 Å². The van der Waals surface area contributed by atoms with E-state index < -0.39 is 6.04 Å². The molecular weight excluding hydrogens is 374 g/mol. The van der Waals surface area contributed by atoms with Gasteiger partial charge in [0.05, 0.1) is 0 Å². The summed E-state index contributed by atoms with van der Waals surface area (Å²) in [7, 11) is 0. The van der Waals surface area contributed by atoms with Crippen LogP contribution in [0.5, 0.6) is 0 Å². The molecule has 0 bridgehead atoms. The largest absolute Gasteiger partial charge is 0.324 e. The van der Waals surface area contributed by atoms with Crippen LogP contribution in [0.15, 0.2) is 54.6 Å². The Morgan fingerprint density at radius 2 is 1.75 bits per heavy atom. The van der Waals surface area contributed by atoms with E-state index in [0.29, 0.717) is 5.69 Å². The summed E-state index contributed by atoms with van der Waals surface area (Å²) in [6, 6.07) is 16.3. The highest BCUT2D eigenvalue weighted by molar-refractivity contribution is 5.95. The molecule has 1 unspecified atom stereocenters. The second-order valence-electron chi connectivity index (χ2n) is 6.86. The summed E-state index contributed by atoms with van der Waals surface area (Å²) in [5.74, 6) is 1.73. The number of halogens is 1. The van der Waals surface area contributed by atoms with Gasteiger partial charge < -0.3 is 15.6 Å². The van der Waals surface area contributed by atoms with Crippen LogP contribution >= 0.6 is 12.4 Å². The number of hydrogen-bond donors (Lipinski definition) is 2. The van der Waals surface area contributed by atoms with Gasteiger partial charge in [0.2, 0.25) is 5.91 Å². The Morgan fingerprint density at radius 3 is 2.50 bits per heavy atom. The molecule has 0 saturated heterocycles. The van der Waals surface area contributed by atoms with E-state index in [1.807, 2.05) is 54.6 Å². The van der Waals surface area contributed by atoms with Crippen molar-refractivity contribution >= 4 is 24.0 Å². The molecule has 1 aliphatic heterocycles. The molecule has 1 aromatic heterocycles. The molecule has 2 heterocycles. The highest BCUT2D eigenvalue weighted by atomic mass is 35.5. The van der Waals surface area contributed by atoms with Crippen molar-refractivity contribution in [3.8, 4) is 11.4 Å². The lowest BCUT2D eigenvalue weighted by Crippen LogP contribution is -2.27. The molecule has 0 spiro atoms. The Hall–Kier alpha value is -2.70. The van der Waals surface area contributed by atoms with Crippen molar-refractivity contribution in [1.82, 2.24) is 14.8 Å². The number of hydrogen-bond acceptors (Lipinski definition) is 4. The Bertz CT molecular complexity index is 924. The molecule has 0 radical (unpaired) electrons. The number of carbonyl (C=O) groups is 1. The highest BCUT2D eigenvalue weighted by Gasteiger charge is 2.17. The zero-order valence-corrected chi connectivity index (χ0v) is 16.4. The van der Waals surface area contributed by atoms with Crippen molar-refractivity contribution in [2.45, 2.75) is 38.3 Å². The third-order valence-electron chi connectivity index (χ3n) is 4.96. The molecule has 4 rings (SSSR count). The Morgan fingerprint density at radius 1 is 1.00 bits per heavy atom. The average Bonchev–Trinajstić information content (AvgIpc) is 2.96. The van der Waals surface area contributed by atoms with Crippen molar-refractivity contribution in [3.05, 3.63) is 66.0 Å². The van der Waals surface area contributed by atoms with E-state index in [9.17, 15) is 4.79 Å². The fraction of sp³-hybridized carbons (Fsp3) is 0.286. The number of amides is 1. The first kappa shape index (κ1) is 20.0. The minimum atomic E-state index is -0.696. The van der Waals surface area contributed by atoms with Gasteiger partial charge in [-0.1, -0.05) is 36.8 Å². The second kappa shape index (κ2) is 8.99. The lowest BCUT2D eigenvalue weighted by molar-refractivity contribution is -0.117. The first-order chi connectivity index (χ1) is 13.2. The zero-order valence-electron chi connectivity index (χ0n) is 15.5. The molecule has 6 nitrogen and oxygen atoms in total. The summed E-state index contributed by atoms with van der Waals surface area (Å²) < 4.78 is 2.21. The third kappa shape index (κ3) is 4.24. The van der Waals surface area contributed by atoms with Gasteiger partial charge in [-0.25, -0.2) is 0 Å². The molecule has 7 heteroatoms. The molecule has 0 aliphatic carbocycles. The number of nitrogens with one attached hydrogen (secondary N) is 1. The van der Waals surface area contributed by atoms with Gasteiger partial charge in [-0.2, -0.15) is 0 Å². The van der Waals surface area contributed by atoms with Gasteiger partial charge in [0, 0.05) is 24.2 Å². The van der Waals surface area contributed by atoms with E-state index in [2.05, 4.69) is 20.1 Å². The van der Waals surface area contributed by atoms with Crippen molar-refractivity contribution in [2.75, 3.05) is 5.32 Å². The SMILES string of the molecule is Cl.NC(C(=O)Nc1ccc(-c2nnc3n2CCCCC3)cc1)c1ccccc1. The number of aryl methyl sites for hydroxylation is 1. The first-order valence-electron chi connectivity index (χ1n) is 9.36. The molecule has 1 aliphatic rings. The smallest absolute Gasteiger partial charge is 0.245 e. The summed E-state index contributed by atoms with van der Waals surface area (Å²) in [6.07, 6.45) is 4.54. The van der Waals surface area contributed by atoms with Gasteiger partial charge in [0.25, 0.3) is 0 Å². The van der Waals surface area contributed by atoms with E-state index in [1.165, 1.54) is 12.8 Å². The number of nitrogens with two attached hydrogens (primary N) is 1. The monoisotopic (exact) mass is 397 g/mol. The maximum atomic E-state index is 12.4. The predicted molar refractivity (Wildman–Crippen MR) is 112 cm³/mol. The number of rotatable bonds is 4. The number of carbonyl (C=O) groups excluding carboxylic acids is 1. The minimum absolute atomic E-state index is 0. The second-order valence-corrected chi connectivity index (χ2v) is 6.86. The fourth-order valence-electron chi connectivity index (χ4n) is 3.43. The van der Waals surface area contributed by atoms with E-state index in [4.69, 9.17) is 5.73 Å². The highest BCUT2D eigenvalue weighted by Crippen LogP contribution is 2.24. The van der Waals surface area contributed by atoms with Gasteiger partial charge in [-0.3, -0.25) is 4.79 Å². The molecule has 2 aromatic carbocycles. The van der Waals surface area contributed by atoms with Crippen LogP contribution in [0.4, 0.5) is 5.69 Å². The van der Waals surface area contributed by atoms with Crippen molar-refractivity contribution in [1.29, 1.82) is 0 Å². The summed E-state index contributed by atoms with van der Waals surface area (Å²) in [4.78, 5) is 12.4. The molecule has 3 aromatic rings. The predicted octanol–water partition coefficient (Wildman–Crippen LogP) is 3.73. The average molecular weight is 398 g/mol. The Balaban J connectivity index is 0.00000225. The lowest BCUT2D eigenvalue weighted by atomic mass is 10.1. The van der Waals surface area contributed by atoms with Crippen LogP contribution in [0.3, 0.4) is 0 Å². The van der Waals surface area contributed by atoms with Crippen molar-refractivity contribution in [2.24, 2.45) is 5.73 Å². The molecule has 28 heavy (non-hydrogen) atoms. The first-order valence-corrected chi connectivity index (χ1v) is 9.36. The van der Waals surface area contributed by atoms with Crippen LogP contribution in [0, 0.1) is 0 Å². The summed E-state index contributed by atoms with van der Waals surface area (Å²) >= 11 is 0. The van der Waals surface area contributed by atoms with Crippen LogP contribution in [0.1, 0.15) is 36.7 Å². The number of aromatic nitrogens is 3. The summed E-state index contributed by atoms with van der Waals surface area (Å²) in [6.45, 7) is 0.960. The maximum Gasteiger partial charge on any atom is 0.245 e. The third-order valence-corrected chi connectivity index (χ3v) is 4.96. The summed E-state index contributed by atoms with van der Waals surface area (Å²) in [5, 5.41) is 11.6. The molecule has 1 atom stereocenters.